The fraction of sp³-hybridized carbons (Fsp3) is 0.379. The molecule has 8 heteroatoms. The molecule has 1 aliphatic rings. The van der Waals surface area contributed by atoms with Gasteiger partial charge in [0.2, 0.25) is 0 Å². The van der Waals surface area contributed by atoms with Crippen LogP contribution >= 0.6 is 0 Å². The van der Waals surface area contributed by atoms with E-state index in [0.717, 1.165) is 42.8 Å². The first-order valence-electron chi connectivity index (χ1n) is 12.7. The van der Waals surface area contributed by atoms with Gasteiger partial charge in [-0.25, -0.2) is 0 Å². The zero-order chi connectivity index (χ0) is 26.9. The molecule has 1 aromatic heterocycles. The van der Waals surface area contributed by atoms with Crippen LogP contribution in [0, 0.1) is 11.3 Å². The number of benzene rings is 2. The van der Waals surface area contributed by atoms with Crippen LogP contribution in [-0.2, 0) is 11.8 Å². The van der Waals surface area contributed by atoms with Crippen LogP contribution in [0.25, 0.3) is 28.1 Å². The molecule has 196 valence electrons. The van der Waals surface area contributed by atoms with Crippen molar-refractivity contribution in [1.29, 1.82) is 5.26 Å². The second kappa shape index (κ2) is 13.1. The average Bonchev–Trinajstić information content (AvgIpc) is 3.30. The Bertz CT molecular complexity index is 1280. The highest BCUT2D eigenvalue weighted by Crippen LogP contribution is 2.29. The monoisotopic (exact) mass is 503 g/mol. The first-order valence-corrected chi connectivity index (χ1v) is 12.7. The number of carbonyl (C=O) groups is 1. The van der Waals surface area contributed by atoms with E-state index >= 15 is 0 Å². The van der Waals surface area contributed by atoms with Gasteiger partial charge in [-0.3, -0.25) is 4.79 Å². The molecule has 1 atom stereocenters. The van der Waals surface area contributed by atoms with Crippen LogP contribution in [0.3, 0.4) is 0 Å². The number of hydrogen-bond donors (Lipinski definition) is 3. The van der Waals surface area contributed by atoms with Crippen molar-refractivity contribution in [3.05, 3.63) is 59.8 Å². The number of anilines is 1. The Balaban J connectivity index is 0.00000186. The molecule has 1 saturated heterocycles. The molecule has 0 saturated carbocycles. The second-order valence-electron chi connectivity index (χ2n) is 8.96. The van der Waals surface area contributed by atoms with E-state index in [1.165, 1.54) is 17.1 Å². The molecule has 0 bridgehead atoms. The fourth-order valence-corrected chi connectivity index (χ4v) is 4.28. The Labute approximate surface area is 219 Å². The van der Waals surface area contributed by atoms with Crippen molar-refractivity contribution >= 4 is 28.4 Å². The Hall–Kier alpha value is -3.64. The molecule has 8 nitrogen and oxygen atoms in total. The quantitative estimate of drug-likeness (QED) is 0.338. The number of fused-ring (bicyclic) bond motifs is 1. The van der Waals surface area contributed by atoms with E-state index in [4.69, 9.17) is 5.11 Å². The smallest absolute Gasteiger partial charge is 0.262 e. The number of amides is 1. The van der Waals surface area contributed by atoms with Crippen LogP contribution in [0.5, 0.6) is 0 Å². The van der Waals surface area contributed by atoms with Crippen LogP contribution in [-0.4, -0.2) is 78.1 Å². The van der Waals surface area contributed by atoms with Gasteiger partial charge in [-0.05, 0) is 59.8 Å². The lowest BCUT2D eigenvalue weighted by molar-refractivity contribution is -0.117. The van der Waals surface area contributed by atoms with E-state index in [1.54, 1.807) is 0 Å². The van der Waals surface area contributed by atoms with Crippen LogP contribution < -0.4 is 10.2 Å². The largest absolute Gasteiger partial charge is 0.394 e. The fourth-order valence-electron chi connectivity index (χ4n) is 4.28. The second-order valence-corrected chi connectivity index (χ2v) is 8.96. The minimum Gasteiger partial charge on any atom is -0.394 e. The van der Waals surface area contributed by atoms with Gasteiger partial charge in [0.1, 0.15) is 11.6 Å². The Morgan fingerprint density at radius 1 is 1.05 bits per heavy atom. The molecule has 0 spiro atoms. The Morgan fingerprint density at radius 2 is 1.73 bits per heavy atom. The van der Waals surface area contributed by atoms with Crippen molar-refractivity contribution in [3.63, 3.8) is 0 Å². The molecule has 1 fully saturated rings. The van der Waals surface area contributed by atoms with Gasteiger partial charge in [0.25, 0.3) is 5.91 Å². The van der Waals surface area contributed by atoms with Crippen LogP contribution in [0.1, 0.15) is 19.5 Å². The lowest BCUT2D eigenvalue weighted by Gasteiger charge is -2.34. The third-order valence-electron chi connectivity index (χ3n) is 6.51. The van der Waals surface area contributed by atoms with Crippen molar-refractivity contribution < 1.29 is 15.0 Å². The Kier molecular flexibility index (Phi) is 9.86. The summed E-state index contributed by atoms with van der Waals surface area (Å²) in [6.07, 6.45) is 0.458. The molecule has 1 unspecified atom stereocenters. The molecule has 1 aliphatic heterocycles. The molecule has 3 N–H and O–H groups in total. The summed E-state index contributed by atoms with van der Waals surface area (Å²) >= 11 is 0. The topological polar surface area (TPSA) is 105 Å². The number of likely N-dealkylation sites (N-methyl/N-ethyl adjacent to an activating group) is 1. The summed E-state index contributed by atoms with van der Waals surface area (Å²) in [5.74, 6) is -0.593. The molecule has 37 heavy (non-hydrogen) atoms. The lowest BCUT2D eigenvalue weighted by atomic mass is 10.0. The van der Waals surface area contributed by atoms with Crippen molar-refractivity contribution in [2.45, 2.75) is 20.0 Å². The number of nitriles is 1. The van der Waals surface area contributed by atoms with E-state index in [0.29, 0.717) is 5.69 Å². The predicted molar refractivity (Wildman–Crippen MR) is 149 cm³/mol. The number of aromatic nitrogens is 1. The van der Waals surface area contributed by atoms with Crippen LogP contribution in [0.2, 0.25) is 0 Å². The summed E-state index contributed by atoms with van der Waals surface area (Å²) in [5.41, 5.74) is 3.90. The highest BCUT2D eigenvalue weighted by molar-refractivity contribution is 6.01. The van der Waals surface area contributed by atoms with Gasteiger partial charge in [0, 0.05) is 56.8 Å². The highest BCUT2D eigenvalue weighted by atomic mass is 16.3. The maximum Gasteiger partial charge on any atom is 0.262 e. The average molecular weight is 504 g/mol. The maximum atomic E-state index is 12.3. The normalized spacial score (nSPS) is 15.1. The highest BCUT2D eigenvalue weighted by Gasteiger charge is 2.16. The Morgan fingerprint density at radius 3 is 2.41 bits per heavy atom. The van der Waals surface area contributed by atoms with Crippen molar-refractivity contribution in [2.75, 3.05) is 51.3 Å². The van der Waals surface area contributed by atoms with Crippen LogP contribution in [0.15, 0.2) is 54.1 Å². The van der Waals surface area contributed by atoms with Gasteiger partial charge in [-0.1, -0.05) is 32.0 Å². The lowest BCUT2D eigenvalue weighted by Crippen LogP contribution is -2.44. The number of rotatable bonds is 7. The molecule has 3 aromatic rings. The molecule has 4 rings (SSSR count). The van der Waals surface area contributed by atoms with Crippen molar-refractivity contribution in [1.82, 2.24) is 14.8 Å². The molecule has 2 aromatic carbocycles. The predicted octanol–water partition coefficient (Wildman–Crippen LogP) is 3.00. The standard InChI is InChI=1S/C27H31N5O3.C2H6/c1-30-9-11-32(12-10-30)24-6-5-19-13-21(4-3-20(19)14-24)26-8-7-23(31(26)2)15-22(16-28)27(35)29-17-25(34)18-33;1-2/h3-8,13-15,25,33-34H,9-12,17-18H2,1-2H3,(H,29,35);1-2H3/b22-15+;. The molecule has 1 amide bonds. The van der Waals surface area contributed by atoms with Gasteiger partial charge < -0.3 is 29.9 Å². The molecule has 2 heterocycles. The number of piperazine rings is 1. The number of nitrogens with zero attached hydrogens (tertiary/aromatic N) is 4. The first-order chi connectivity index (χ1) is 17.9. The summed E-state index contributed by atoms with van der Waals surface area (Å²) in [7, 11) is 4.05. The summed E-state index contributed by atoms with van der Waals surface area (Å²) in [6.45, 7) is 7.62. The van der Waals surface area contributed by atoms with E-state index in [2.05, 4.69) is 58.6 Å². The number of aliphatic hydroxyl groups is 2. The van der Waals surface area contributed by atoms with Gasteiger partial charge in [0.05, 0.1) is 12.7 Å². The number of nitrogens with one attached hydrogen (secondary N) is 1. The van der Waals surface area contributed by atoms with E-state index in [1.807, 2.05) is 43.7 Å². The summed E-state index contributed by atoms with van der Waals surface area (Å²) < 4.78 is 1.94. The van der Waals surface area contributed by atoms with Gasteiger partial charge in [0.15, 0.2) is 0 Å². The maximum absolute atomic E-state index is 12.3. The zero-order valence-corrected chi connectivity index (χ0v) is 22.1. The minimum atomic E-state index is -1.06. The SMILES string of the molecule is CC.CN1CCN(c2ccc3cc(-c4ccc(/C=C(\C#N)C(=O)NCC(O)CO)n4C)ccc3c2)CC1. The third kappa shape index (κ3) is 6.77. The van der Waals surface area contributed by atoms with E-state index in [-0.39, 0.29) is 12.1 Å². The van der Waals surface area contributed by atoms with Gasteiger partial charge in [-0.2, -0.15) is 5.26 Å². The summed E-state index contributed by atoms with van der Waals surface area (Å²) in [6, 6.07) is 18.7. The van der Waals surface area contributed by atoms with Crippen LogP contribution in [0.4, 0.5) is 5.69 Å². The third-order valence-corrected chi connectivity index (χ3v) is 6.51. The summed E-state index contributed by atoms with van der Waals surface area (Å²) in [4.78, 5) is 17.1. The van der Waals surface area contributed by atoms with Crippen molar-refractivity contribution in [2.24, 2.45) is 7.05 Å². The number of carbonyl (C=O) groups excluding carboxylic acids is 1. The number of hydrogen-bond acceptors (Lipinski definition) is 6. The number of aliphatic hydroxyl groups excluding tert-OH is 2. The molecular weight excluding hydrogens is 466 g/mol. The van der Waals surface area contributed by atoms with Crippen molar-refractivity contribution in [3.8, 4) is 17.3 Å². The van der Waals surface area contributed by atoms with Gasteiger partial charge >= 0.3 is 0 Å². The van der Waals surface area contributed by atoms with E-state index in [9.17, 15) is 15.2 Å². The minimum absolute atomic E-state index is 0.0714. The van der Waals surface area contributed by atoms with Gasteiger partial charge in [-0.15, -0.1) is 0 Å². The van der Waals surface area contributed by atoms with E-state index < -0.39 is 18.6 Å². The zero-order valence-electron chi connectivity index (χ0n) is 22.1. The molecule has 0 aliphatic carbocycles. The molecule has 0 radical (unpaired) electrons. The summed E-state index contributed by atoms with van der Waals surface area (Å²) in [5, 5.41) is 32.5. The first kappa shape index (κ1) is 27.9. The molecular formula is C29H37N5O3.